The lowest BCUT2D eigenvalue weighted by Gasteiger charge is -2.20. The van der Waals surface area contributed by atoms with E-state index in [1.54, 1.807) is 0 Å². The molecule has 0 radical (unpaired) electrons. The summed E-state index contributed by atoms with van der Waals surface area (Å²) in [4.78, 5) is 28.0. The number of fused-ring (bicyclic) bond motifs is 1. The van der Waals surface area contributed by atoms with E-state index in [-0.39, 0.29) is 16.6 Å². The Bertz CT molecular complexity index is 1490. The molecule has 0 saturated carbocycles. The number of rotatable bonds is 3. The lowest BCUT2D eigenvalue weighted by Crippen LogP contribution is -2.21. The molecule has 178 valence electrons. The first-order chi connectivity index (χ1) is 15.8. The van der Waals surface area contributed by atoms with Gasteiger partial charge in [0.2, 0.25) is 5.75 Å². The van der Waals surface area contributed by atoms with Crippen LogP contribution in [0, 0.1) is 0 Å². The third-order valence-corrected chi connectivity index (χ3v) is 5.24. The standard InChI is InChI=1S/C22H15F6N3O3/c1-30-9-7-12(13-10-31(2)19(32)16-11(13)6-8-29-16)17(20(30)33)34-18-14(21(23,24)25)4-3-5-15(18)22(26,27)28/h3-10,29H,1-2H3. The van der Waals surface area contributed by atoms with Gasteiger partial charge in [-0.25, -0.2) is 0 Å². The Balaban J connectivity index is 2.05. The molecule has 0 spiro atoms. The Morgan fingerprint density at radius 3 is 2.00 bits per heavy atom. The highest BCUT2D eigenvalue weighted by molar-refractivity contribution is 5.95. The molecule has 4 aromatic rings. The van der Waals surface area contributed by atoms with Gasteiger partial charge in [-0.15, -0.1) is 0 Å². The number of halogens is 6. The van der Waals surface area contributed by atoms with Crippen LogP contribution in [0.1, 0.15) is 11.1 Å². The fourth-order valence-electron chi connectivity index (χ4n) is 3.59. The highest BCUT2D eigenvalue weighted by Gasteiger charge is 2.42. The Labute approximate surface area is 186 Å². The van der Waals surface area contributed by atoms with Gasteiger partial charge in [-0.2, -0.15) is 26.3 Å². The molecular weight excluding hydrogens is 468 g/mol. The van der Waals surface area contributed by atoms with Gasteiger partial charge in [0.1, 0.15) is 5.52 Å². The van der Waals surface area contributed by atoms with Crippen molar-refractivity contribution >= 4 is 10.9 Å². The molecule has 0 aliphatic carbocycles. The number of hydrogen-bond acceptors (Lipinski definition) is 3. The van der Waals surface area contributed by atoms with Gasteiger partial charge >= 0.3 is 12.4 Å². The monoisotopic (exact) mass is 483 g/mol. The summed E-state index contributed by atoms with van der Waals surface area (Å²) >= 11 is 0. The van der Waals surface area contributed by atoms with E-state index in [1.165, 1.54) is 49.4 Å². The Hall–Kier alpha value is -3.96. The average molecular weight is 483 g/mol. The minimum Gasteiger partial charge on any atom is -0.450 e. The summed E-state index contributed by atoms with van der Waals surface area (Å²) in [7, 11) is 2.68. The smallest absolute Gasteiger partial charge is 0.420 e. The molecule has 0 bridgehead atoms. The molecule has 0 aliphatic rings. The van der Waals surface area contributed by atoms with E-state index in [0.29, 0.717) is 23.6 Å². The molecule has 3 aromatic heterocycles. The highest BCUT2D eigenvalue weighted by atomic mass is 19.4. The second-order valence-electron chi connectivity index (χ2n) is 7.48. The van der Waals surface area contributed by atoms with Gasteiger partial charge < -0.3 is 18.9 Å². The van der Waals surface area contributed by atoms with Crippen molar-refractivity contribution in [3.63, 3.8) is 0 Å². The molecule has 1 N–H and O–H groups in total. The Kier molecular flexibility index (Phi) is 5.34. The van der Waals surface area contributed by atoms with Crippen LogP contribution in [0.15, 0.2) is 58.5 Å². The summed E-state index contributed by atoms with van der Waals surface area (Å²) in [5.41, 5.74) is -4.52. The van der Waals surface area contributed by atoms with E-state index in [9.17, 15) is 35.9 Å². The van der Waals surface area contributed by atoms with Crippen LogP contribution in [-0.2, 0) is 26.4 Å². The van der Waals surface area contributed by atoms with Crippen LogP contribution in [-0.4, -0.2) is 14.1 Å². The molecule has 34 heavy (non-hydrogen) atoms. The third kappa shape index (κ3) is 3.84. The maximum Gasteiger partial charge on any atom is 0.420 e. The largest absolute Gasteiger partial charge is 0.450 e. The average Bonchev–Trinajstić information content (AvgIpc) is 3.23. The lowest BCUT2D eigenvalue weighted by molar-refractivity contribution is -0.144. The lowest BCUT2D eigenvalue weighted by atomic mass is 10.0. The highest BCUT2D eigenvalue weighted by Crippen LogP contribution is 2.46. The van der Waals surface area contributed by atoms with E-state index < -0.39 is 46.1 Å². The van der Waals surface area contributed by atoms with Gasteiger partial charge in [-0.1, -0.05) is 6.07 Å². The van der Waals surface area contributed by atoms with Crippen LogP contribution >= 0.6 is 0 Å². The van der Waals surface area contributed by atoms with Crippen LogP contribution in [0.4, 0.5) is 26.3 Å². The molecule has 0 aliphatic heterocycles. The van der Waals surface area contributed by atoms with Crippen LogP contribution in [0.5, 0.6) is 11.5 Å². The molecule has 0 fully saturated rings. The van der Waals surface area contributed by atoms with Crippen molar-refractivity contribution in [1.29, 1.82) is 0 Å². The number of pyridine rings is 2. The second kappa shape index (κ2) is 7.82. The predicted molar refractivity (Wildman–Crippen MR) is 111 cm³/mol. The summed E-state index contributed by atoms with van der Waals surface area (Å²) in [6.45, 7) is 0. The van der Waals surface area contributed by atoms with Gasteiger partial charge in [-0.05, 0) is 24.3 Å². The molecule has 3 heterocycles. The van der Waals surface area contributed by atoms with Crippen molar-refractivity contribution in [1.82, 2.24) is 14.1 Å². The minimum atomic E-state index is -5.19. The summed E-state index contributed by atoms with van der Waals surface area (Å²) < 4.78 is 89.0. The van der Waals surface area contributed by atoms with Gasteiger partial charge in [0.25, 0.3) is 11.1 Å². The van der Waals surface area contributed by atoms with Crippen LogP contribution < -0.4 is 15.9 Å². The molecule has 6 nitrogen and oxygen atoms in total. The predicted octanol–water partition coefficient (Wildman–Crippen LogP) is 5.06. The fourth-order valence-corrected chi connectivity index (χ4v) is 3.59. The summed E-state index contributed by atoms with van der Waals surface area (Å²) in [6.07, 6.45) is -6.34. The summed E-state index contributed by atoms with van der Waals surface area (Å²) in [6, 6.07) is 4.30. The van der Waals surface area contributed by atoms with Crippen LogP contribution in [0.3, 0.4) is 0 Å². The SMILES string of the molecule is Cn1ccc(-c2cn(C)c(=O)c3[nH]ccc23)c(Oc2c(C(F)(F)F)cccc2C(F)(F)F)c1=O. The second-order valence-corrected chi connectivity index (χ2v) is 7.48. The number of nitrogens with zero attached hydrogens (tertiary/aromatic N) is 2. The molecular formula is C22H15F6N3O3. The number of hydrogen-bond donors (Lipinski definition) is 1. The van der Waals surface area contributed by atoms with Crippen molar-refractivity contribution in [3.05, 3.63) is 80.8 Å². The summed E-state index contributed by atoms with van der Waals surface area (Å²) in [5.74, 6) is -2.30. The maximum atomic E-state index is 13.6. The van der Waals surface area contributed by atoms with E-state index in [0.717, 1.165) is 4.57 Å². The summed E-state index contributed by atoms with van der Waals surface area (Å²) in [5, 5.41) is 0.307. The Morgan fingerprint density at radius 1 is 0.794 bits per heavy atom. The van der Waals surface area contributed by atoms with Crippen molar-refractivity contribution in [2.45, 2.75) is 12.4 Å². The van der Waals surface area contributed by atoms with Crippen molar-refractivity contribution in [2.75, 3.05) is 0 Å². The third-order valence-electron chi connectivity index (χ3n) is 5.24. The van der Waals surface area contributed by atoms with Gasteiger partial charge in [0, 0.05) is 49.2 Å². The molecule has 4 rings (SSSR count). The molecule has 12 heteroatoms. The number of aromatic nitrogens is 3. The van der Waals surface area contributed by atoms with Gasteiger partial charge in [0.15, 0.2) is 5.75 Å². The normalized spacial score (nSPS) is 12.4. The van der Waals surface area contributed by atoms with Gasteiger partial charge in [-0.3, -0.25) is 9.59 Å². The Morgan fingerprint density at radius 2 is 1.41 bits per heavy atom. The minimum absolute atomic E-state index is 0.0894. The van der Waals surface area contributed by atoms with E-state index in [1.807, 2.05) is 0 Å². The zero-order valence-corrected chi connectivity index (χ0v) is 17.5. The van der Waals surface area contributed by atoms with E-state index in [4.69, 9.17) is 4.74 Å². The fraction of sp³-hybridized carbons (Fsp3) is 0.182. The van der Waals surface area contributed by atoms with Gasteiger partial charge in [0.05, 0.1) is 11.1 Å². The molecule has 0 amide bonds. The topological polar surface area (TPSA) is 69.0 Å². The zero-order valence-electron chi connectivity index (χ0n) is 17.5. The number of alkyl halides is 6. The van der Waals surface area contributed by atoms with Crippen molar-refractivity contribution < 1.29 is 31.1 Å². The van der Waals surface area contributed by atoms with Crippen LogP contribution in [0.25, 0.3) is 22.0 Å². The molecule has 0 unspecified atom stereocenters. The molecule has 0 atom stereocenters. The number of aromatic amines is 1. The first-order valence-electron chi connectivity index (χ1n) is 9.62. The number of benzene rings is 1. The number of H-pyrrole nitrogens is 1. The first-order valence-corrected chi connectivity index (χ1v) is 9.62. The number of para-hydroxylation sites is 1. The zero-order chi connectivity index (χ0) is 25.0. The number of nitrogens with one attached hydrogen (secondary N) is 1. The number of ether oxygens (including phenoxy) is 1. The van der Waals surface area contributed by atoms with Crippen molar-refractivity contribution in [3.8, 4) is 22.6 Å². The first kappa shape index (κ1) is 23.2. The maximum absolute atomic E-state index is 13.6. The molecule has 0 saturated heterocycles. The van der Waals surface area contributed by atoms with Crippen LogP contribution in [0.2, 0.25) is 0 Å². The van der Waals surface area contributed by atoms with E-state index in [2.05, 4.69) is 4.98 Å². The quantitative estimate of drug-likeness (QED) is 0.414. The molecule has 1 aromatic carbocycles. The van der Waals surface area contributed by atoms with Crippen molar-refractivity contribution in [2.24, 2.45) is 14.1 Å². The number of aryl methyl sites for hydroxylation is 2. The van der Waals surface area contributed by atoms with E-state index >= 15 is 0 Å².